The van der Waals surface area contributed by atoms with Crippen molar-refractivity contribution in [3.63, 3.8) is 0 Å². The van der Waals surface area contributed by atoms with Gasteiger partial charge in [0.15, 0.2) is 6.61 Å². The normalized spacial score (nSPS) is 14.8. The maximum absolute atomic E-state index is 11.4. The molecule has 0 saturated carbocycles. The van der Waals surface area contributed by atoms with Crippen LogP contribution in [0.3, 0.4) is 0 Å². The first-order chi connectivity index (χ1) is 17.5. The number of fused-ring (bicyclic) bond motifs is 3. The highest BCUT2D eigenvalue weighted by atomic mass is 32.2. The van der Waals surface area contributed by atoms with E-state index in [4.69, 9.17) is 24.2 Å². The summed E-state index contributed by atoms with van der Waals surface area (Å²) in [4.78, 5) is 16.2. The van der Waals surface area contributed by atoms with Crippen LogP contribution in [-0.2, 0) is 39.4 Å². The van der Waals surface area contributed by atoms with Crippen molar-refractivity contribution in [2.24, 2.45) is 0 Å². The van der Waals surface area contributed by atoms with Crippen LogP contribution in [0.1, 0.15) is 45.6 Å². The lowest BCUT2D eigenvalue weighted by Crippen LogP contribution is -2.27. The van der Waals surface area contributed by atoms with Gasteiger partial charge in [0, 0.05) is 30.8 Å². The molecule has 0 spiro atoms. The molecule has 2 aromatic carbocycles. The van der Waals surface area contributed by atoms with Gasteiger partial charge in [-0.25, -0.2) is 8.42 Å². The number of unbranched alkanes of at least 4 members (excludes halogenated alkanes) is 1. The van der Waals surface area contributed by atoms with Crippen molar-refractivity contribution in [2.45, 2.75) is 50.3 Å². The van der Waals surface area contributed by atoms with Gasteiger partial charge in [-0.3, -0.25) is 9.63 Å². The van der Waals surface area contributed by atoms with Crippen LogP contribution in [0.15, 0.2) is 35.2 Å². The number of ether oxygens (including phenoxy) is 3. The molecule has 0 atom stereocenters. The van der Waals surface area contributed by atoms with Gasteiger partial charge in [-0.2, -0.15) is 0 Å². The zero-order valence-corrected chi connectivity index (χ0v) is 22.3. The molecule has 204 valence electrons. The van der Waals surface area contributed by atoms with E-state index in [1.165, 1.54) is 12.1 Å². The number of carboxylic acid groups (broad SMARTS) is 1. The molecule has 0 radical (unpaired) electrons. The predicted octanol–water partition coefficient (Wildman–Crippen LogP) is 3.38. The summed E-state index contributed by atoms with van der Waals surface area (Å²) in [5.74, 6) is -0.790. The minimum Gasteiger partial charge on any atom is -0.744 e. The molecule has 1 N–H and O–H groups in total. The summed E-state index contributed by atoms with van der Waals surface area (Å²) in [6.07, 6.45) is 1.49. The highest BCUT2D eigenvalue weighted by Gasteiger charge is 2.46. The fraction of sp³-hybridized carbons (Fsp3) is 0.538. The van der Waals surface area contributed by atoms with Crippen molar-refractivity contribution in [2.75, 3.05) is 46.2 Å². The van der Waals surface area contributed by atoms with Crippen LogP contribution < -0.4 is 0 Å². The molecule has 2 aromatic rings. The number of carbonyl (C=O) groups is 1. The Morgan fingerprint density at radius 2 is 1.57 bits per heavy atom. The molecule has 37 heavy (non-hydrogen) atoms. The Morgan fingerprint density at radius 1 is 0.946 bits per heavy atom. The lowest BCUT2D eigenvalue weighted by molar-refractivity contribution is -0.728. The fourth-order valence-corrected chi connectivity index (χ4v) is 4.78. The van der Waals surface area contributed by atoms with Crippen LogP contribution in [0.4, 0.5) is 5.69 Å². The highest BCUT2D eigenvalue weighted by molar-refractivity contribution is 7.85. The van der Waals surface area contributed by atoms with Crippen LogP contribution in [-0.4, -0.2) is 80.7 Å². The van der Waals surface area contributed by atoms with E-state index < -0.39 is 16.1 Å². The van der Waals surface area contributed by atoms with E-state index in [0.717, 1.165) is 22.3 Å². The monoisotopic (exact) mass is 537 g/mol. The van der Waals surface area contributed by atoms with Gasteiger partial charge in [-0.1, -0.05) is 6.07 Å². The van der Waals surface area contributed by atoms with E-state index in [9.17, 15) is 17.8 Å². The van der Waals surface area contributed by atoms with Gasteiger partial charge < -0.3 is 23.9 Å². The number of carboxylic acids is 1. The summed E-state index contributed by atoms with van der Waals surface area (Å²) in [6.45, 7) is 9.13. The Hall–Kier alpha value is -2.57. The molecular weight excluding hydrogens is 502 g/mol. The zero-order valence-electron chi connectivity index (χ0n) is 21.5. The first-order valence-corrected chi connectivity index (χ1v) is 13.7. The maximum atomic E-state index is 11.4. The minimum atomic E-state index is -4.53. The van der Waals surface area contributed by atoms with E-state index in [1.807, 2.05) is 13.0 Å². The SMILES string of the molecule is CC1=[N+](OCCOCCOCCOCCCCC(=O)O)c2ccc3cc(S(=O)(=O)[O-])ccc3c2C1(C)C. The van der Waals surface area contributed by atoms with E-state index >= 15 is 0 Å². The standard InChI is InChI=1S/C26H35NO9S/c1-19-26(2,3)25-22-9-8-21(37(30,31)32)18-20(22)7-10-23(25)27(19)36-17-16-35-15-14-34-13-12-33-11-5-4-6-24(28)29/h7-10,18H,4-6,11-17H2,1-3H3,(H-,28,29,30,31,32). The summed E-state index contributed by atoms with van der Waals surface area (Å²) in [5, 5.41) is 10.1. The first-order valence-electron chi connectivity index (χ1n) is 12.3. The van der Waals surface area contributed by atoms with Gasteiger partial charge in [0.05, 0.1) is 48.9 Å². The Bertz CT molecular complexity index is 1240. The minimum absolute atomic E-state index is 0.163. The molecule has 3 rings (SSSR count). The van der Waals surface area contributed by atoms with Crippen LogP contribution in [0, 0.1) is 0 Å². The number of benzene rings is 2. The molecule has 0 aliphatic carbocycles. The van der Waals surface area contributed by atoms with Crippen molar-refractivity contribution < 1.29 is 46.7 Å². The number of hydrogen-bond acceptors (Lipinski definition) is 8. The van der Waals surface area contributed by atoms with Gasteiger partial charge >= 0.3 is 5.97 Å². The van der Waals surface area contributed by atoms with E-state index in [-0.39, 0.29) is 16.7 Å². The number of hydrogen-bond donors (Lipinski definition) is 1. The van der Waals surface area contributed by atoms with Crippen molar-refractivity contribution >= 4 is 38.3 Å². The lowest BCUT2D eigenvalue weighted by atomic mass is 9.80. The van der Waals surface area contributed by atoms with Gasteiger partial charge in [0.25, 0.3) is 5.69 Å². The van der Waals surface area contributed by atoms with Gasteiger partial charge in [0.2, 0.25) is 5.71 Å². The van der Waals surface area contributed by atoms with E-state index in [0.29, 0.717) is 64.5 Å². The Labute approximate surface area is 217 Å². The predicted molar refractivity (Wildman–Crippen MR) is 135 cm³/mol. The summed E-state index contributed by atoms with van der Waals surface area (Å²) >= 11 is 0. The third kappa shape index (κ3) is 7.48. The molecule has 0 fully saturated rings. The molecule has 11 heteroatoms. The van der Waals surface area contributed by atoms with Gasteiger partial charge in [0.1, 0.15) is 10.1 Å². The molecule has 0 unspecified atom stereocenters. The van der Waals surface area contributed by atoms with Gasteiger partial charge in [-0.05, 0) is 55.7 Å². The summed E-state index contributed by atoms with van der Waals surface area (Å²) in [6, 6.07) is 8.12. The van der Waals surface area contributed by atoms with Crippen LogP contribution in [0.5, 0.6) is 0 Å². The van der Waals surface area contributed by atoms with E-state index in [1.54, 1.807) is 16.9 Å². The third-order valence-electron chi connectivity index (χ3n) is 6.43. The molecule has 0 aromatic heterocycles. The van der Waals surface area contributed by atoms with E-state index in [2.05, 4.69) is 13.8 Å². The van der Waals surface area contributed by atoms with Crippen molar-refractivity contribution in [1.82, 2.24) is 0 Å². The Kier molecular flexibility index (Phi) is 10.0. The highest BCUT2D eigenvalue weighted by Crippen LogP contribution is 2.44. The number of aliphatic carboxylic acids is 1. The van der Waals surface area contributed by atoms with Crippen molar-refractivity contribution in [1.29, 1.82) is 0 Å². The zero-order chi connectivity index (χ0) is 27.1. The van der Waals surface area contributed by atoms with Crippen LogP contribution in [0.25, 0.3) is 10.8 Å². The molecule has 10 nitrogen and oxygen atoms in total. The summed E-state index contributed by atoms with van der Waals surface area (Å²) in [5.41, 5.74) is 2.51. The largest absolute Gasteiger partial charge is 0.744 e. The second-order valence-corrected chi connectivity index (χ2v) is 10.7. The second-order valence-electron chi connectivity index (χ2n) is 9.32. The fourth-order valence-electron chi connectivity index (χ4n) is 4.27. The first kappa shape index (κ1) is 29.0. The topological polar surface area (TPSA) is 134 Å². The average molecular weight is 538 g/mol. The third-order valence-corrected chi connectivity index (χ3v) is 7.26. The summed E-state index contributed by atoms with van der Waals surface area (Å²) in [7, 11) is -4.53. The molecule has 1 aliphatic heterocycles. The summed E-state index contributed by atoms with van der Waals surface area (Å²) < 4.78 is 52.5. The quantitative estimate of drug-likeness (QED) is 0.194. The Morgan fingerprint density at radius 3 is 2.19 bits per heavy atom. The molecule has 0 bridgehead atoms. The lowest BCUT2D eigenvalue weighted by Gasteiger charge is -2.17. The van der Waals surface area contributed by atoms with Crippen LogP contribution in [0.2, 0.25) is 0 Å². The van der Waals surface area contributed by atoms with Crippen molar-refractivity contribution in [3.8, 4) is 0 Å². The Balaban J connectivity index is 1.43. The number of nitrogens with zero attached hydrogens (tertiary/aromatic N) is 1. The van der Waals surface area contributed by atoms with Gasteiger partial charge in [-0.15, -0.1) is 0 Å². The molecule has 0 saturated heterocycles. The van der Waals surface area contributed by atoms with Crippen LogP contribution >= 0.6 is 0 Å². The second kappa shape index (κ2) is 12.8. The average Bonchev–Trinajstić information content (AvgIpc) is 3.03. The molecular formula is C26H35NO9S. The maximum Gasteiger partial charge on any atom is 0.303 e. The number of rotatable bonds is 16. The molecule has 1 heterocycles. The molecule has 1 aliphatic rings. The molecule has 0 amide bonds. The smallest absolute Gasteiger partial charge is 0.303 e. The van der Waals surface area contributed by atoms with Crippen molar-refractivity contribution in [3.05, 3.63) is 35.9 Å².